The average molecular weight is 985 g/mol. The summed E-state index contributed by atoms with van der Waals surface area (Å²) >= 11 is 0. The number of benzene rings is 3. The minimum Gasteiger partial charge on any atom is -0.453 e. The van der Waals surface area contributed by atoms with Gasteiger partial charge in [0.15, 0.2) is 0 Å². The molecule has 4 N–H and O–H groups in total. The van der Waals surface area contributed by atoms with Gasteiger partial charge in [-0.2, -0.15) is 0 Å². The lowest BCUT2D eigenvalue weighted by Gasteiger charge is -2.31. The number of allylic oxidation sites excluding steroid dienone is 4. The number of likely N-dealkylation sites (tertiary alicyclic amines) is 2. The summed E-state index contributed by atoms with van der Waals surface area (Å²) in [6.07, 6.45) is 12.7. The number of nitrogens with one attached hydrogen (secondary N) is 4. The predicted molar refractivity (Wildman–Crippen MR) is 271 cm³/mol. The zero-order chi connectivity index (χ0) is 50.9. The highest BCUT2D eigenvalue weighted by Gasteiger charge is 2.57. The van der Waals surface area contributed by atoms with Crippen LogP contribution in [0.2, 0.25) is 0 Å². The summed E-state index contributed by atoms with van der Waals surface area (Å²) in [6, 6.07) is 19.4. The van der Waals surface area contributed by atoms with Crippen LogP contribution in [0.4, 0.5) is 21.0 Å². The maximum atomic E-state index is 14.0. The van der Waals surface area contributed by atoms with Crippen molar-refractivity contribution >= 4 is 47.2 Å². The summed E-state index contributed by atoms with van der Waals surface area (Å²) < 4.78 is 20.4. The van der Waals surface area contributed by atoms with Crippen LogP contribution in [0.5, 0.6) is 0 Å². The SMILES string of the molecule is COC(=O)N[C@H](C(=O)N1CC2(CC2)C[C@H]1C(=O)Nc1ccc([C@@H]2C=C3C=CC2CCc2ccc(c(-c4ccc(NC(=O)[C@@H]5CC6(CC6)CN5C(=O)[C@H](NC(=O)OC)[C@H](C)OC)cc4)c2)CC3)cc1)[C@@H](C)OC. The molecule has 6 amide bonds. The summed E-state index contributed by atoms with van der Waals surface area (Å²) in [5.74, 6) is -0.839. The van der Waals surface area contributed by atoms with Gasteiger partial charge < -0.3 is 50.0 Å². The smallest absolute Gasteiger partial charge is 0.407 e. The van der Waals surface area contributed by atoms with Gasteiger partial charge in [0, 0.05) is 44.6 Å². The van der Waals surface area contributed by atoms with Gasteiger partial charge in [-0.3, -0.25) is 19.2 Å². The third kappa shape index (κ3) is 10.8. The molecule has 0 radical (unpaired) electrons. The number of alkyl carbamates (subject to hydrolysis) is 2. The zero-order valence-corrected chi connectivity index (χ0v) is 42.2. The Labute approximate surface area is 421 Å². The Kier molecular flexibility index (Phi) is 14.6. The molecule has 382 valence electrons. The summed E-state index contributed by atoms with van der Waals surface area (Å²) in [5, 5.41) is 11.4. The Bertz CT molecular complexity index is 2620. The van der Waals surface area contributed by atoms with Crippen molar-refractivity contribution in [2.24, 2.45) is 16.7 Å². The van der Waals surface area contributed by atoms with Crippen LogP contribution in [0.15, 0.2) is 90.5 Å². The Morgan fingerprint density at radius 2 is 1.15 bits per heavy atom. The molecule has 0 aromatic heterocycles. The van der Waals surface area contributed by atoms with Crippen molar-refractivity contribution in [3.05, 3.63) is 107 Å². The summed E-state index contributed by atoms with van der Waals surface area (Å²) in [7, 11) is 5.43. The monoisotopic (exact) mass is 984 g/mol. The van der Waals surface area contributed by atoms with Crippen LogP contribution < -0.4 is 21.3 Å². The van der Waals surface area contributed by atoms with E-state index in [0.29, 0.717) is 37.3 Å². The maximum Gasteiger partial charge on any atom is 0.407 e. The van der Waals surface area contributed by atoms with Crippen LogP contribution in [0, 0.1) is 16.7 Å². The second-order valence-corrected chi connectivity index (χ2v) is 21.0. The van der Waals surface area contributed by atoms with Gasteiger partial charge in [0.25, 0.3) is 0 Å². The molecule has 2 aliphatic heterocycles. The molecule has 3 aromatic carbocycles. The van der Waals surface area contributed by atoms with E-state index in [4.69, 9.17) is 18.9 Å². The first-order valence-corrected chi connectivity index (χ1v) is 25.3. The van der Waals surface area contributed by atoms with E-state index in [9.17, 15) is 28.8 Å². The van der Waals surface area contributed by atoms with Crippen LogP contribution >= 0.6 is 0 Å². The molecular weight excluding hydrogens is 917 g/mol. The number of ether oxygens (including phenoxy) is 4. The second kappa shape index (κ2) is 20.9. The highest BCUT2D eigenvalue weighted by Crippen LogP contribution is 2.56. The average Bonchev–Trinajstić information content (AvgIpc) is 4.26. The van der Waals surface area contributed by atoms with Gasteiger partial charge in [-0.05, 0) is 147 Å². The summed E-state index contributed by atoms with van der Waals surface area (Å²) in [5.41, 5.74) is 8.26. The molecule has 16 heteroatoms. The molecule has 12 rings (SSSR count). The first-order valence-electron chi connectivity index (χ1n) is 25.3. The molecule has 16 nitrogen and oxygen atoms in total. The van der Waals surface area contributed by atoms with Crippen molar-refractivity contribution in [2.75, 3.05) is 52.2 Å². The minimum absolute atomic E-state index is 0.0785. The Morgan fingerprint density at radius 1 is 0.639 bits per heavy atom. The van der Waals surface area contributed by atoms with Crippen molar-refractivity contribution in [1.29, 1.82) is 0 Å². The summed E-state index contributed by atoms with van der Waals surface area (Å²) in [4.78, 5) is 83.4. The van der Waals surface area contributed by atoms with Crippen molar-refractivity contribution < 1.29 is 47.7 Å². The molecule has 1 unspecified atom stereocenters. The predicted octanol–water partition coefficient (Wildman–Crippen LogP) is 7.29. The number of anilines is 2. The third-order valence-electron chi connectivity index (χ3n) is 16.3. The number of hydrogen-bond donors (Lipinski definition) is 4. The Hall–Kier alpha value is -6.52. The molecule has 2 heterocycles. The maximum absolute atomic E-state index is 14.0. The van der Waals surface area contributed by atoms with E-state index in [1.165, 1.54) is 56.3 Å². The fourth-order valence-electron chi connectivity index (χ4n) is 11.3. The van der Waals surface area contributed by atoms with Crippen LogP contribution in [0.1, 0.15) is 87.8 Å². The number of hydrogen-bond acceptors (Lipinski definition) is 10. The van der Waals surface area contributed by atoms with Gasteiger partial charge in [-0.15, -0.1) is 0 Å². The minimum atomic E-state index is -1.01. The van der Waals surface area contributed by atoms with Gasteiger partial charge >= 0.3 is 12.2 Å². The van der Waals surface area contributed by atoms with E-state index >= 15 is 0 Å². The number of aryl methyl sites for hydroxylation is 2. The van der Waals surface area contributed by atoms with Crippen LogP contribution in [-0.2, 0) is 51.0 Å². The number of rotatable bonds is 14. The Morgan fingerprint density at radius 3 is 1.64 bits per heavy atom. The fraction of sp³-hybridized carbons (Fsp3) is 0.500. The standard InChI is InChI=1S/C56H68N6O10/c1-33(69-3)47(59-53(67)71-5)51(65)61-31-55(23-24-55)29-45(61)49(63)57-41-19-15-39(16-20-41)43-27-35-7-11-37(43)13-9-36-8-12-38(14-10-35)44(28-36)40-17-21-42(22-18-40)58-50(64)46-30-56(25-26-56)32-62(46)52(66)48(34(2)70-4)60-54(68)72-6/h7-8,11-12,15-22,27-28,33-34,37,43,45-48H,9-10,13-14,23-26,29-32H2,1-6H3,(H,57,63)(H,58,64)(H,59,67)(H,60,68)/t33-,34+,37?,43-,45+,46+,47+,48-/m1/s1. The third-order valence-corrected chi connectivity index (χ3v) is 16.3. The van der Waals surface area contributed by atoms with Crippen LogP contribution in [-0.4, -0.2) is 124 Å². The van der Waals surface area contributed by atoms with E-state index in [2.05, 4.69) is 69.8 Å². The first-order chi connectivity index (χ1) is 34.6. The number of carbonyl (C=O) groups is 6. The van der Waals surface area contributed by atoms with E-state index < -0.39 is 48.6 Å². The molecule has 72 heavy (non-hydrogen) atoms. The molecule has 4 bridgehead atoms. The van der Waals surface area contributed by atoms with Crippen molar-refractivity contribution in [3.63, 3.8) is 0 Å². The van der Waals surface area contributed by atoms with Crippen LogP contribution in [0.3, 0.4) is 0 Å². The summed E-state index contributed by atoms with van der Waals surface area (Å²) in [6.45, 7) is 4.31. The lowest BCUT2D eigenvalue weighted by molar-refractivity contribution is -0.141. The van der Waals surface area contributed by atoms with Crippen molar-refractivity contribution in [1.82, 2.24) is 20.4 Å². The molecule has 7 aliphatic carbocycles. The van der Waals surface area contributed by atoms with Crippen molar-refractivity contribution in [2.45, 2.75) is 120 Å². The molecule has 2 saturated carbocycles. The lowest BCUT2D eigenvalue weighted by atomic mass is 9.76. The number of nitrogens with zero attached hydrogens (tertiary/aromatic N) is 2. The van der Waals surface area contributed by atoms with Gasteiger partial charge in [0.2, 0.25) is 23.6 Å². The van der Waals surface area contributed by atoms with Gasteiger partial charge in [-0.25, -0.2) is 9.59 Å². The van der Waals surface area contributed by atoms with Gasteiger partial charge in [-0.1, -0.05) is 66.3 Å². The topological polar surface area (TPSA) is 194 Å². The highest BCUT2D eigenvalue weighted by atomic mass is 16.5. The number of carbonyl (C=O) groups excluding carboxylic acids is 6. The molecule has 4 fully saturated rings. The molecule has 2 spiro atoms. The highest BCUT2D eigenvalue weighted by molar-refractivity contribution is 6.00. The molecule has 8 atom stereocenters. The normalized spacial score (nSPS) is 23.7. The van der Waals surface area contributed by atoms with Crippen molar-refractivity contribution in [3.8, 4) is 11.1 Å². The van der Waals surface area contributed by atoms with E-state index in [-0.39, 0.29) is 46.3 Å². The molecular formula is C56H68N6O10. The van der Waals surface area contributed by atoms with E-state index in [0.717, 1.165) is 56.9 Å². The van der Waals surface area contributed by atoms with E-state index in [1.54, 1.807) is 23.6 Å². The lowest BCUT2D eigenvalue weighted by Crippen LogP contribution is -2.56. The van der Waals surface area contributed by atoms with E-state index in [1.807, 2.05) is 36.4 Å². The number of amides is 6. The Balaban J connectivity index is 0.848. The van der Waals surface area contributed by atoms with Crippen LogP contribution in [0.25, 0.3) is 11.1 Å². The van der Waals surface area contributed by atoms with Gasteiger partial charge in [0.05, 0.1) is 26.4 Å². The number of methoxy groups -OCH3 is 4. The molecule has 3 aromatic rings. The molecule has 2 saturated heterocycles. The fourth-order valence-corrected chi connectivity index (χ4v) is 11.3. The molecule has 9 aliphatic rings. The quantitative estimate of drug-likeness (QED) is 0.128. The second-order valence-electron chi connectivity index (χ2n) is 21.0. The van der Waals surface area contributed by atoms with Gasteiger partial charge in [0.1, 0.15) is 24.2 Å². The first kappa shape index (κ1) is 50.4. The zero-order valence-electron chi connectivity index (χ0n) is 42.2. The largest absolute Gasteiger partial charge is 0.453 e.